The fourth-order valence-electron chi connectivity index (χ4n) is 2.15. The lowest BCUT2D eigenvalue weighted by Crippen LogP contribution is -2.40. The van der Waals surface area contributed by atoms with Crippen LogP contribution in [0.5, 0.6) is 5.75 Å². The first-order valence-corrected chi connectivity index (χ1v) is 8.51. The van der Waals surface area contributed by atoms with Crippen LogP contribution in [0.2, 0.25) is 0 Å². The molecule has 0 aliphatic carbocycles. The summed E-state index contributed by atoms with van der Waals surface area (Å²) >= 11 is 1.35. The standard InChI is InChI=1S/C17H20N2O4S/c1-4-23-13-7-5-12(6-8-13)16-18-14(10-24-16)17(22)19(11(2)3)9-15(20)21/h5-8,10-11H,4,9H2,1-3H3,(H,20,21). The van der Waals surface area contributed by atoms with Crippen molar-refractivity contribution in [2.45, 2.75) is 26.8 Å². The Balaban J connectivity index is 2.19. The first-order chi connectivity index (χ1) is 11.4. The second-order valence-corrected chi connectivity index (χ2v) is 6.27. The molecule has 24 heavy (non-hydrogen) atoms. The van der Waals surface area contributed by atoms with Crippen LogP contribution in [0, 0.1) is 0 Å². The van der Waals surface area contributed by atoms with Gasteiger partial charge in [0, 0.05) is 17.0 Å². The molecule has 0 saturated carbocycles. The van der Waals surface area contributed by atoms with E-state index in [0.29, 0.717) is 11.6 Å². The summed E-state index contributed by atoms with van der Waals surface area (Å²) < 4.78 is 5.40. The minimum Gasteiger partial charge on any atom is -0.494 e. The maximum Gasteiger partial charge on any atom is 0.323 e. The number of benzene rings is 1. The zero-order valence-electron chi connectivity index (χ0n) is 13.9. The molecular weight excluding hydrogens is 328 g/mol. The van der Waals surface area contributed by atoms with Crippen molar-refractivity contribution in [3.05, 3.63) is 35.3 Å². The van der Waals surface area contributed by atoms with E-state index in [-0.39, 0.29) is 24.2 Å². The van der Waals surface area contributed by atoms with Crippen LogP contribution in [-0.4, -0.2) is 46.1 Å². The number of aliphatic carboxylic acids is 1. The molecule has 0 fully saturated rings. The van der Waals surface area contributed by atoms with E-state index >= 15 is 0 Å². The number of hydrogen-bond donors (Lipinski definition) is 1. The highest BCUT2D eigenvalue weighted by atomic mass is 32.1. The van der Waals surface area contributed by atoms with Gasteiger partial charge in [-0.3, -0.25) is 9.59 Å². The minimum absolute atomic E-state index is 0.218. The van der Waals surface area contributed by atoms with Crippen LogP contribution in [0.4, 0.5) is 0 Å². The van der Waals surface area contributed by atoms with Gasteiger partial charge in [0.2, 0.25) is 0 Å². The molecule has 6 nitrogen and oxygen atoms in total. The number of hydrogen-bond acceptors (Lipinski definition) is 5. The molecule has 0 atom stereocenters. The van der Waals surface area contributed by atoms with Gasteiger partial charge in [-0.25, -0.2) is 4.98 Å². The average molecular weight is 348 g/mol. The smallest absolute Gasteiger partial charge is 0.323 e. The number of ether oxygens (including phenoxy) is 1. The molecule has 1 aromatic heterocycles. The Bertz CT molecular complexity index is 710. The van der Waals surface area contributed by atoms with Crippen molar-refractivity contribution in [3.8, 4) is 16.3 Å². The molecule has 1 amide bonds. The van der Waals surface area contributed by atoms with Crippen molar-refractivity contribution in [2.24, 2.45) is 0 Å². The van der Waals surface area contributed by atoms with Crippen LogP contribution < -0.4 is 4.74 Å². The van der Waals surface area contributed by atoms with Gasteiger partial charge >= 0.3 is 5.97 Å². The number of nitrogens with zero attached hydrogens (tertiary/aromatic N) is 2. The molecule has 0 spiro atoms. The Morgan fingerprint density at radius 3 is 2.50 bits per heavy atom. The minimum atomic E-state index is -1.04. The number of amides is 1. The molecule has 0 aliphatic heterocycles. The van der Waals surface area contributed by atoms with Gasteiger partial charge in [-0.15, -0.1) is 11.3 Å². The molecule has 0 radical (unpaired) electrons. The van der Waals surface area contributed by atoms with Crippen LogP contribution in [-0.2, 0) is 4.79 Å². The first kappa shape index (κ1) is 17.9. The van der Waals surface area contributed by atoms with E-state index in [9.17, 15) is 9.59 Å². The first-order valence-electron chi connectivity index (χ1n) is 7.64. The van der Waals surface area contributed by atoms with Gasteiger partial charge in [-0.2, -0.15) is 0 Å². The third-order valence-corrected chi connectivity index (χ3v) is 4.22. The molecule has 1 N–H and O–H groups in total. The van der Waals surface area contributed by atoms with E-state index < -0.39 is 5.97 Å². The quantitative estimate of drug-likeness (QED) is 0.831. The number of carboxylic acid groups (broad SMARTS) is 1. The van der Waals surface area contributed by atoms with Crippen molar-refractivity contribution >= 4 is 23.2 Å². The summed E-state index contributed by atoms with van der Waals surface area (Å²) in [4.78, 5) is 29.1. The van der Waals surface area contributed by atoms with E-state index in [1.807, 2.05) is 31.2 Å². The summed E-state index contributed by atoms with van der Waals surface area (Å²) in [5.74, 6) is -0.638. The molecule has 0 unspecified atom stereocenters. The van der Waals surface area contributed by atoms with Gasteiger partial charge in [-0.1, -0.05) is 0 Å². The maximum absolute atomic E-state index is 12.5. The lowest BCUT2D eigenvalue weighted by molar-refractivity contribution is -0.138. The Morgan fingerprint density at radius 2 is 1.96 bits per heavy atom. The molecule has 0 bridgehead atoms. The maximum atomic E-state index is 12.5. The summed E-state index contributed by atoms with van der Waals surface area (Å²) in [6, 6.07) is 7.26. The van der Waals surface area contributed by atoms with Gasteiger partial charge in [0.15, 0.2) is 0 Å². The summed E-state index contributed by atoms with van der Waals surface area (Å²) in [5, 5.41) is 11.3. The lowest BCUT2D eigenvalue weighted by atomic mass is 10.2. The summed E-state index contributed by atoms with van der Waals surface area (Å²) in [7, 11) is 0. The number of carbonyl (C=O) groups excluding carboxylic acids is 1. The van der Waals surface area contributed by atoms with Crippen molar-refractivity contribution in [1.29, 1.82) is 0 Å². The second-order valence-electron chi connectivity index (χ2n) is 5.42. The highest BCUT2D eigenvalue weighted by Crippen LogP contribution is 2.26. The van der Waals surface area contributed by atoms with Crippen LogP contribution in [0.25, 0.3) is 10.6 Å². The van der Waals surface area contributed by atoms with Gasteiger partial charge < -0.3 is 14.7 Å². The van der Waals surface area contributed by atoms with Gasteiger partial charge in [0.05, 0.1) is 6.61 Å². The normalized spacial score (nSPS) is 10.7. The number of aromatic nitrogens is 1. The second kappa shape index (κ2) is 7.92. The van der Waals surface area contributed by atoms with Crippen LogP contribution >= 0.6 is 11.3 Å². The lowest BCUT2D eigenvalue weighted by Gasteiger charge is -2.23. The molecule has 0 aliphatic rings. The Labute approximate surface area is 144 Å². The topological polar surface area (TPSA) is 79.7 Å². The number of rotatable bonds is 7. The molecule has 128 valence electrons. The largest absolute Gasteiger partial charge is 0.494 e. The average Bonchev–Trinajstić information content (AvgIpc) is 3.02. The zero-order valence-corrected chi connectivity index (χ0v) is 14.7. The zero-order chi connectivity index (χ0) is 17.7. The Morgan fingerprint density at radius 1 is 1.29 bits per heavy atom. The molecule has 1 heterocycles. The van der Waals surface area contributed by atoms with Crippen molar-refractivity contribution in [1.82, 2.24) is 9.88 Å². The van der Waals surface area contributed by atoms with Crippen LogP contribution in [0.3, 0.4) is 0 Å². The summed E-state index contributed by atoms with van der Waals surface area (Å²) in [6.07, 6.45) is 0. The summed E-state index contributed by atoms with van der Waals surface area (Å²) in [6.45, 7) is 5.74. The SMILES string of the molecule is CCOc1ccc(-c2nc(C(=O)N(CC(=O)O)C(C)C)cs2)cc1. The predicted molar refractivity (Wildman–Crippen MR) is 92.5 cm³/mol. The number of thiazole rings is 1. The van der Waals surface area contributed by atoms with Crippen LogP contribution in [0.1, 0.15) is 31.3 Å². The van der Waals surface area contributed by atoms with E-state index in [0.717, 1.165) is 11.3 Å². The highest BCUT2D eigenvalue weighted by molar-refractivity contribution is 7.13. The van der Waals surface area contributed by atoms with Crippen molar-refractivity contribution in [2.75, 3.05) is 13.2 Å². The molecule has 1 aromatic carbocycles. The molecule has 0 saturated heterocycles. The molecular formula is C17H20N2O4S. The van der Waals surface area contributed by atoms with E-state index in [2.05, 4.69) is 4.98 Å². The fourth-order valence-corrected chi connectivity index (χ4v) is 2.95. The summed E-state index contributed by atoms with van der Waals surface area (Å²) in [5.41, 5.74) is 1.15. The highest BCUT2D eigenvalue weighted by Gasteiger charge is 2.23. The van der Waals surface area contributed by atoms with Gasteiger partial charge in [0.1, 0.15) is 23.0 Å². The third-order valence-electron chi connectivity index (χ3n) is 3.33. The van der Waals surface area contributed by atoms with E-state index in [1.54, 1.807) is 19.2 Å². The molecule has 2 rings (SSSR count). The third kappa shape index (κ3) is 4.32. The number of carbonyl (C=O) groups is 2. The van der Waals surface area contributed by atoms with Crippen LogP contribution in [0.15, 0.2) is 29.6 Å². The van der Waals surface area contributed by atoms with Crippen molar-refractivity contribution < 1.29 is 19.4 Å². The number of carboxylic acids is 1. The molecule has 7 heteroatoms. The van der Waals surface area contributed by atoms with Crippen molar-refractivity contribution in [3.63, 3.8) is 0 Å². The van der Waals surface area contributed by atoms with E-state index in [1.165, 1.54) is 16.2 Å². The Kier molecular flexibility index (Phi) is 5.92. The van der Waals surface area contributed by atoms with Gasteiger partial charge in [0.25, 0.3) is 5.91 Å². The fraction of sp³-hybridized carbons (Fsp3) is 0.353. The van der Waals surface area contributed by atoms with Gasteiger partial charge in [-0.05, 0) is 45.0 Å². The monoisotopic (exact) mass is 348 g/mol. The van der Waals surface area contributed by atoms with E-state index in [4.69, 9.17) is 9.84 Å². The Hall–Kier alpha value is -2.41. The molecule has 2 aromatic rings. The predicted octanol–water partition coefficient (Wildman–Crippen LogP) is 3.14.